The number of aromatic hydroxyl groups is 1. The maximum atomic E-state index is 12.9. The standard InChI is InChI=1S/C20H23NO4/c1-11-16(19(24)25-4)17(12-7-5-6-8-14(12)22)18-13(21-11)9-20(2,3)10-15(18)23/h5-8,16-17,22H,9-10H2,1-4H3/t16?,17-/m0/s1. The molecule has 5 heteroatoms. The normalized spacial score (nSPS) is 25.3. The van der Waals surface area contributed by atoms with E-state index in [4.69, 9.17) is 4.74 Å². The van der Waals surface area contributed by atoms with E-state index in [1.165, 1.54) is 7.11 Å². The third-order valence-corrected chi connectivity index (χ3v) is 5.03. The van der Waals surface area contributed by atoms with Gasteiger partial charge in [-0.2, -0.15) is 0 Å². The van der Waals surface area contributed by atoms with Gasteiger partial charge >= 0.3 is 5.97 Å². The quantitative estimate of drug-likeness (QED) is 0.837. The van der Waals surface area contributed by atoms with Gasteiger partial charge in [-0.05, 0) is 24.8 Å². The average molecular weight is 341 g/mol. The lowest BCUT2D eigenvalue weighted by molar-refractivity contribution is -0.143. The van der Waals surface area contributed by atoms with Crippen LogP contribution in [0.1, 0.15) is 45.1 Å². The number of phenols is 1. The molecule has 1 aromatic rings. The van der Waals surface area contributed by atoms with E-state index in [-0.39, 0.29) is 16.9 Å². The van der Waals surface area contributed by atoms with Gasteiger partial charge in [-0.15, -0.1) is 0 Å². The summed E-state index contributed by atoms with van der Waals surface area (Å²) in [6, 6.07) is 6.84. The molecule has 0 radical (unpaired) electrons. The number of aliphatic imine (C=N–C) groups is 1. The fraction of sp³-hybridized carbons (Fsp3) is 0.450. The van der Waals surface area contributed by atoms with Gasteiger partial charge in [-0.1, -0.05) is 32.0 Å². The van der Waals surface area contributed by atoms with Crippen LogP contribution in [0.4, 0.5) is 0 Å². The van der Waals surface area contributed by atoms with Crippen LogP contribution in [-0.2, 0) is 14.3 Å². The van der Waals surface area contributed by atoms with Crippen LogP contribution in [0.25, 0.3) is 0 Å². The number of allylic oxidation sites excluding steroid dienone is 2. The lowest BCUT2D eigenvalue weighted by Gasteiger charge is -2.38. The fourth-order valence-electron chi connectivity index (χ4n) is 3.96. The molecule has 1 aliphatic heterocycles. The van der Waals surface area contributed by atoms with Crippen molar-refractivity contribution in [3.63, 3.8) is 0 Å². The van der Waals surface area contributed by atoms with Crippen molar-refractivity contribution in [2.75, 3.05) is 7.11 Å². The van der Waals surface area contributed by atoms with Crippen molar-refractivity contribution in [1.82, 2.24) is 0 Å². The van der Waals surface area contributed by atoms with Crippen LogP contribution in [0.3, 0.4) is 0 Å². The van der Waals surface area contributed by atoms with Crippen molar-refractivity contribution in [2.45, 2.75) is 39.5 Å². The van der Waals surface area contributed by atoms with E-state index in [9.17, 15) is 14.7 Å². The highest BCUT2D eigenvalue weighted by atomic mass is 16.5. The SMILES string of the molecule is COC(=O)C1C(C)=NC2=C(C(=O)CC(C)(C)C2)[C@H]1c1ccccc1O. The van der Waals surface area contributed by atoms with Crippen molar-refractivity contribution in [1.29, 1.82) is 0 Å². The van der Waals surface area contributed by atoms with Crippen LogP contribution in [0.15, 0.2) is 40.5 Å². The lowest BCUT2D eigenvalue weighted by atomic mass is 9.66. The maximum Gasteiger partial charge on any atom is 0.315 e. The van der Waals surface area contributed by atoms with E-state index in [1.54, 1.807) is 31.2 Å². The van der Waals surface area contributed by atoms with Crippen LogP contribution in [-0.4, -0.2) is 29.7 Å². The number of hydrogen-bond donors (Lipinski definition) is 1. The molecule has 2 atom stereocenters. The summed E-state index contributed by atoms with van der Waals surface area (Å²) < 4.78 is 4.97. The van der Waals surface area contributed by atoms with Crippen molar-refractivity contribution in [3.8, 4) is 5.75 Å². The van der Waals surface area contributed by atoms with Gasteiger partial charge in [0.25, 0.3) is 0 Å². The number of para-hydroxylation sites is 1. The number of ketones is 1. The van der Waals surface area contributed by atoms with Gasteiger partial charge in [-0.3, -0.25) is 14.6 Å². The summed E-state index contributed by atoms with van der Waals surface area (Å²) in [5, 5.41) is 10.4. The predicted octanol–water partition coefficient (Wildman–Crippen LogP) is 3.38. The zero-order chi connectivity index (χ0) is 18.4. The van der Waals surface area contributed by atoms with Crippen LogP contribution in [0, 0.1) is 11.3 Å². The van der Waals surface area contributed by atoms with Crippen molar-refractivity contribution >= 4 is 17.5 Å². The van der Waals surface area contributed by atoms with E-state index in [0.29, 0.717) is 29.7 Å². The highest BCUT2D eigenvalue weighted by molar-refractivity contribution is 6.09. The molecular formula is C20H23NO4. The molecule has 1 aliphatic carbocycles. The maximum absolute atomic E-state index is 12.9. The molecule has 0 bridgehead atoms. The van der Waals surface area contributed by atoms with E-state index in [0.717, 1.165) is 5.70 Å². The monoisotopic (exact) mass is 341 g/mol. The summed E-state index contributed by atoms with van der Waals surface area (Å²) in [6.45, 7) is 5.87. The fourth-order valence-corrected chi connectivity index (χ4v) is 3.96. The van der Waals surface area contributed by atoms with Crippen LogP contribution >= 0.6 is 0 Å². The number of rotatable bonds is 2. The number of phenolic OH excluding ortho intramolecular Hbond substituents is 1. The van der Waals surface area contributed by atoms with Gasteiger partial charge in [0.15, 0.2) is 5.78 Å². The zero-order valence-electron chi connectivity index (χ0n) is 15.0. The first-order valence-electron chi connectivity index (χ1n) is 8.42. The molecule has 0 aromatic heterocycles. The zero-order valence-corrected chi connectivity index (χ0v) is 15.0. The molecular weight excluding hydrogens is 318 g/mol. The molecule has 0 amide bonds. The van der Waals surface area contributed by atoms with Gasteiger partial charge in [0, 0.05) is 34.9 Å². The Morgan fingerprint density at radius 1 is 1.28 bits per heavy atom. The summed E-state index contributed by atoms with van der Waals surface area (Å²) in [4.78, 5) is 30.0. The molecule has 5 nitrogen and oxygen atoms in total. The van der Waals surface area contributed by atoms with Crippen LogP contribution in [0.5, 0.6) is 5.75 Å². The van der Waals surface area contributed by atoms with E-state index < -0.39 is 17.8 Å². The molecule has 0 saturated carbocycles. The Morgan fingerprint density at radius 2 is 1.96 bits per heavy atom. The Kier molecular flexibility index (Phi) is 4.27. The van der Waals surface area contributed by atoms with Crippen molar-refractivity contribution in [2.24, 2.45) is 16.3 Å². The number of ether oxygens (including phenoxy) is 1. The summed E-state index contributed by atoms with van der Waals surface area (Å²) >= 11 is 0. The summed E-state index contributed by atoms with van der Waals surface area (Å²) in [6.07, 6.45) is 1.07. The number of nitrogens with zero attached hydrogens (tertiary/aromatic N) is 1. The van der Waals surface area contributed by atoms with E-state index >= 15 is 0 Å². The molecule has 25 heavy (non-hydrogen) atoms. The predicted molar refractivity (Wildman–Crippen MR) is 94.5 cm³/mol. The first-order valence-corrected chi connectivity index (χ1v) is 8.42. The van der Waals surface area contributed by atoms with Crippen LogP contribution in [0.2, 0.25) is 0 Å². The number of methoxy groups -OCH3 is 1. The summed E-state index contributed by atoms with van der Waals surface area (Å²) in [7, 11) is 1.33. The first-order chi connectivity index (χ1) is 11.7. The van der Waals surface area contributed by atoms with Crippen molar-refractivity contribution < 1.29 is 19.4 Å². The molecule has 1 heterocycles. The number of esters is 1. The van der Waals surface area contributed by atoms with Gasteiger partial charge in [0.05, 0.1) is 7.11 Å². The van der Waals surface area contributed by atoms with Gasteiger partial charge in [0.1, 0.15) is 11.7 Å². The largest absolute Gasteiger partial charge is 0.508 e. The Labute approximate surface area is 147 Å². The lowest BCUT2D eigenvalue weighted by Crippen LogP contribution is -2.39. The minimum Gasteiger partial charge on any atom is -0.508 e. The third kappa shape index (κ3) is 2.99. The Morgan fingerprint density at radius 3 is 2.60 bits per heavy atom. The second kappa shape index (κ2) is 6.14. The minimum atomic E-state index is -0.706. The van der Waals surface area contributed by atoms with Gasteiger partial charge in [-0.25, -0.2) is 0 Å². The molecule has 0 spiro atoms. The van der Waals surface area contributed by atoms with Crippen LogP contribution < -0.4 is 0 Å². The molecule has 1 unspecified atom stereocenters. The second-order valence-electron chi connectivity index (χ2n) is 7.59. The van der Waals surface area contributed by atoms with Gasteiger partial charge < -0.3 is 9.84 Å². The smallest absolute Gasteiger partial charge is 0.315 e. The highest BCUT2D eigenvalue weighted by Crippen LogP contribution is 2.49. The first kappa shape index (κ1) is 17.4. The summed E-state index contributed by atoms with van der Waals surface area (Å²) in [5.74, 6) is -1.66. The highest BCUT2D eigenvalue weighted by Gasteiger charge is 2.46. The molecule has 2 aliphatic rings. The second-order valence-corrected chi connectivity index (χ2v) is 7.59. The van der Waals surface area contributed by atoms with E-state index in [2.05, 4.69) is 4.99 Å². The molecule has 0 fully saturated rings. The molecule has 1 aromatic carbocycles. The van der Waals surface area contributed by atoms with E-state index in [1.807, 2.05) is 13.8 Å². The van der Waals surface area contributed by atoms with Gasteiger partial charge in [0.2, 0.25) is 0 Å². The topological polar surface area (TPSA) is 76.0 Å². The molecule has 3 rings (SSSR count). The third-order valence-electron chi connectivity index (χ3n) is 5.03. The number of hydrogen-bond acceptors (Lipinski definition) is 5. The number of carbonyl (C=O) groups excluding carboxylic acids is 2. The average Bonchev–Trinajstić information content (AvgIpc) is 2.52. The number of Topliss-reactive ketones (excluding diaryl/α,β-unsaturated/α-hetero) is 1. The number of benzene rings is 1. The summed E-state index contributed by atoms with van der Waals surface area (Å²) in [5.41, 5.74) is 2.28. The molecule has 1 N–H and O–H groups in total. The Hall–Kier alpha value is -2.43. The van der Waals surface area contributed by atoms with Crippen molar-refractivity contribution in [3.05, 3.63) is 41.1 Å². The Balaban J connectivity index is 2.23. The minimum absolute atomic E-state index is 0.00958. The Bertz CT molecular complexity index is 804. The molecule has 0 saturated heterocycles. The molecule has 132 valence electrons. The number of carbonyl (C=O) groups is 2.